The summed E-state index contributed by atoms with van der Waals surface area (Å²) in [5.74, 6) is 0.676. The largest absolute Gasteiger partial charge is 0.434 e. The molecule has 0 saturated carbocycles. The number of hydrogen-bond donors (Lipinski definition) is 2. The number of alkyl halides is 3. The highest BCUT2D eigenvalue weighted by molar-refractivity contribution is 14.0. The Hall–Kier alpha value is -0.950. The molecule has 5 nitrogen and oxygen atoms in total. The van der Waals surface area contributed by atoms with E-state index in [2.05, 4.69) is 31.0 Å². The molecule has 0 atom stereocenters. The number of aromatic nitrogens is 2. The van der Waals surface area contributed by atoms with Gasteiger partial charge < -0.3 is 10.6 Å². The molecule has 2 aromatic heterocycles. The van der Waals surface area contributed by atoms with Crippen molar-refractivity contribution in [3.8, 4) is 0 Å². The van der Waals surface area contributed by atoms with E-state index in [1.807, 2.05) is 13.8 Å². The van der Waals surface area contributed by atoms with Crippen LogP contribution >= 0.6 is 46.7 Å². The molecule has 0 aromatic carbocycles. The summed E-state index contributed by atoms with van der Waals surface area (Å²) in [7, 11) is 0. The summed E-state index contributed by atoms with van der Waals surface area (Å²) in [6.07, 6.45) is -1.01. The number of rotatable bonds is 9. The second-order valence-electron chi connectivity index (χ2n) is 5.90. The standard InChI is InChI=1S/C17H24F3N5S2.HI/c1-3-21-16(22-8-5-4-6-14-24-12(2)10-26-14)23-9-7-15-25-13(11-27-15)17(18,19)20;/h10-11H,3-9H2,1-2H3,(H2,21,22,23);1H. The molecular weight excluding hydrogens is 522 g/mol. The maximum absolute atomic E-state index is 12.6. The number of guanidine groups is 1. The Balaban J connectivity index is 0.00000392. The molecule has 158 valence electrons. The maximum atomic E-state index is 12.6. The van der Waals surface area contributed by atoms with Crippen molar-refractivity contribution < 1.29 is 13.2 Å². The lowest BCUT2D eigenvalue weighted by Gasteiger charge is -2.10. The van der Waals surface area contributed by atoms with Gasteiger partial charge in [-0.05, 0) is 33.1 Å². The topological polar surface area (TPSA) is 62.2 Å². The molecule has 0 radical (unpaired) electrons. The first-order valence-corrected chi connectivity index (χ1v) is 10.6. The second kappa shape index (κ2) is 12.6. The monoisotopic (exact) mass is 547 g/mol. The number of nitrogens with zero attached hydrogens (tertiary/aromatic N) is 3. The van der Waals surface area contributed by atoms with Gasteiger partial charge in [-0.15, -0.1) is 46.7 Å². The number of aryl methyl sites for hydroxylation is 2. The molecule has 2 heterocycles. The highest BCUT2D eigenvalue weighted by atomic mass is 127. The normalized spacial score (nSPS) is 12.0. The van der Waals surface area contributed by atoms with Crippen LogP contribution in [0.3, 0.4) is 0 Å². The van der Waals surface area contributed by atoms with E-state index in [9.17, 15) is 13.2 Å². The summed E-state index contributed by atoms with van der Waals surface area (Å²) in [5.41, 5.74) is 0.243. The Morgan fingerprint density at radius 1 is 1.07 bits per heavy atom. The van der Waals surface area contributed by atoms with Gasteiger partial charge in [-0.1, -0.05) is 0 Å². The van der Waals surface area contributed by atoms with Gasteiger partial charge in [0.15, 0.2) is 11.7 Å². The maximum Gasteiger partial charge on any atom is 0.434 e. The fourth-order valence-electron chi connectivity index (χ4n) is 2.28. The lowest BCUT2D eigenvalue weighted by Crippen LogP contribution is -2.38. The predicted molar refractivity (Wildman–Crippen MR) is 120 cm³/mol. The number of hydrogen-bond acceptors (Lipinski definition) is 5. The smallest absolute Gasteiger partial charge is 0.357 e. The highest BCUT2D eigenvalue weighted by Crippen LogP contribution is 2.29. The van der Waals surface area contributed by atoms with Gasteiger partial charge in [0, 0.05) is 42.5 Å². The summed E-state index contributed by atoms with van der Waals surface area (Å²) < 4.78 is 37.7. The van der Waals surface area contributed by atoms with Gasteiger partial charge in [-0.25, -0.2) is 9.97 Å². The highest BCUT2D eigenvalue weighted by Gasteiger charge is 2.33. The zero-order chi connectivity index (χ0) is 19.7. The van der Waals surface area contributed by atoms with E-state index in [0.717, 1.165) is 53.2 Å². The van der Waals surface area contributed by atoms with E-state index in [0.29, 0.717) is 30.5 Å². The van der Waals surface area contributed by atoms with E-state index < -0.39 is 11.9 Å². The molecule has 0 aliphatic heterocycles. The van der Waals surface area contributed by atoms with Gasteiger partial charge in [0.05, 0.1) is 10.0 Å². The van der Waals surface area contributed by atoms with Crippen molar-refractivity contribution in [1.29, 1.82) is 0 Å². The van der Waals surface area contributed by atoms with Crippen LogP contribution in [0, 0.1) is 6.92 Å². The van der Waals surface area contributed by atoms with Crippen LogP contribution in [0.1, 0.15) is 41.2 Å². The van der Waals surface area contributed by atoms with E-state index in [1.165, 1.54) is 0 Å². The number of unbranched alkanes of at least 4 members (excludes halogenated alkanes) is 1. The third-order valence-corrected chi connectivity index (χ3v) is 5.49. The Morgan fingerprint density at radius 3 is 2.39 bits per heavy atom. The van der Waals surface area contributed by atoms with Crippen molar-refractivity contribution in [3.05, 3.63) is 32.2 Å². The molecule has 0 spiro atoms. The molecule has 0 unspecified atom stereocenters. The fraction of sp³-hybridized carbons (Fsp3) is 0.588. The molecule has 0 fully saturated rings. The zero-order valence-corrected chi connectivity index (χ0v) is 19.8. The van der Waals surface area contributed by atoms with Crippen LogP contribution in [0.25, 0.3) is 0 Å². The third kappa shape index (κ3) is 9.03. The SMILES string of the molecule is CCNC(=NCCCCc1nc(C)cs1)NCCc1nc(C(F)(F)F)cs1.I. The van der Waals surface area contributed by atoms with Crippen molar-refractivity contribution in [2.24, 2.45) is 4.99 Å². The third-order valence-electron chi connectivity index (χ3n) is 3.55. The van der Waals surface area contributed by atoms with E-state index in [4.69, 9.17) is 0 Å². The van der Waals surface area contributed by atoms with Crippen molar-refractivity contribution in [1.82, 2.24) is 20.6 Å². The van der Waals surface area contributed by atoms with Crippen molar-refractivity contribution >= 4 is 52.6 Å². The number of nitrogens with one attached hydrogen (secondary N) is 2. The van der Waals surface area contributed by atoms with Gasteiger partial charge in [-0.2, -0.15) is 13.2 Å². The first kappa shape index (κ1) is 25.1. The first-order chi connectivity index (χ1) is 12.9. The minimum atomic E-state index is -4.38. The minimum absolute atomic E-state index is 0. The van der Waals surface area contributed by atoms with Crippen LogP contribution in [0.15, 0.2) is 15.8 Å². The van der Waals surface area contributed by atoms with Gasteiger partial charge in [0.1, 0.15) is 0 Å². The summed E-state index contributed by atoms with van der Waals surface area (Å²) in [4.78, 5) is 12.6. The predicted octanol–water partition coefficient (Wildman–Crippen LogP) is 4.67. The van der Waals surface area contributed by atoms with Gasteiger partial charge in [-0.3, -0.25) is 4.99 Å². The van der Waals surface area contributed by atoms with Crippen molar-refractivity contribution in [2.75, 3.05) is 19.6 Å². The van der Waals surface area contributed by atoms with E-state index >= 15 is 0 Å². The second-order valence-corrected chi connectivity index (χ2v) is 7.79. The number of aliphatic imine (C=N–C) groups is 1. The minimum Gasteiger partial charge on any atom is -0.357 e. The van der Waals surface area contributed by atoms with Crippen LogP contribution in [-0.2, 0) is 19.0 Å². The van der Waals surface area contributed by atoms with Crippen molar-refractivity contribution in [2.45, 2.75) is 45.7 Å². The lowest BCUT2D eigenvalue weighted by molar-refractivity contribution is -0.140. The fourth-order valence-corrected chi connectivity index (χ4v) is 3.91. The molecule has 0 saturated heterocycles. The molecule has 28 heavy (non-hydrogen) atoms. The number of halogens is 4. The molecule has 2 aromatic rings. The molecule has 0 aliphatic carbocycles. The van der Waals surface area contributed by atoms with Gasteiger partial charge in [0.25, 0.3) is 0 Å². The molecule has 0 aliphatic rings. The summed E-state index contributed by atoms with van der Waals surface area (Å²) >= 11 is 2.72. The van der Waals surface area contributed by atoms with E-state index in [-0.39, 0.29) is 24.0 Å². The Morgan fingerprint density at radius 2 is 1.79 bits per heavy atom. The summed E-state index contributed by atoms with van der Waals surface area (Å²) in [5, 5.41) is 11.0. The molecule has 2 N–H and O–H groups in total. The molecule has 2 rings (SSSR count). The van der Waals surface area contributed by atoms with Crippen LogP contribution in [0.2, 0.25) is 0 Å². The Kier molecular flexibility index (Phi) is 11.3. The summed E-state index contributed by atoms with van der Waals surface area (Å²) in [6.45, 7) is 5.86. The number of thiazole rings is 2. The average Bonchev–Trinajstić information content (AvgIpc) is 3.23. The molecule has 0 bridgehead atoms. The lowest BCUT2D eigenvalue weighted by atomic mass is 10.2. The molecule has 0 amide bonds. The Labute approximate surface area is 188 Å². The van der Waals surface area contributed by atoms with Crippen LogP contribution in [0.4, 0.5) is 13.2 Å². The van der Waals surface area contributed by atoms with E-state index in [1.54, 1.807) is 11.3 Å². The van der Waals surface area contributed by atoms with Crippen LogP contribution < -0.4 is 10.6 Å². The average molecular weight is 547 g/mol. The quantitative estimate of drug-likeness (QED) is 0.208. The van der Waals surface area contributed by atoms with Crippen molar-refractivity contribution in [3.63, 3.8) is 0 Å². The van der Waals surface area contributed by atoms with Gasteiger partial charge in [0.2, 0.25) is 0 Å². The summed E-state index contributed by atoms with van der Waals surface area (Å²) in [6, 6.07) is 0. The zero-order valence-electron chi connectivity index (χ0n) is 15.8. The van der Waals surface area contributed by atoms with Gasteiger partial charge >= 0.3 is 6.18 Å². The molecule has 11 heteroatoms. The first-order valence-electron chi connectivity index (χ1n) is 8.83. The van der Waals surface area contributed by atoms with Crippen LogP contribution in [0.5, 0.6) is 0 Å². The Bertz CT molecular complexity index is 730. The van der Waals surface area contributed by atoms with Crippen LogP contribution in [-0.4, -0.2) is 35.6 Å². The molecular formula is C17H25F3IN5S2.